The van der Waals surface area contributed by atoms with E-state index in [9.17, 15) is 13.2 Å². The van der Waals surface area contributed by atoms with E-state index in [1.165, 1.54) is 12.1 Å². The fourth-order valence-corrected chi connectivity index (χ4v) is 4.03. The lowest BCUT2D eigenvalue weighted by Crippen LogP contribution is -2.43. The van der Waals surface area contributed by atoms with Gasteiger partial charge in [0.1, 0.15) is 12.1 Å². The zero-order valence-corrected chi connectivity index (χ0v) is 10.9. The first kappa shape index (κ1) is 13.5. The van der Waals surface area contributed by atoms with E-state index in [-0.39, 0.29) is 17.0 Å². The molecule has 1 amide bonds. The van der Waals surface area contributed by atoms with E-state index in [4.69, 9.17) is 11.0 Å². The highest BCUT2D eigenvalue weighted by Crippen LogP contribution is 2.27. The maximum Gasteiger partial charge on any atom is 0.245 e. The molecule has 1 heterocycles. The summed E-state index contributed by atoms with van der Waals surface area (Å²) in [6.45, 7) is 0.246. The van der Waals surface area contributed by atoms with E-state index in [0.717, 1.165) is 4.31 Å². The van der Waals surface area contributed by atoms with Crippen molar-refractivity contribution in [2.75, 3.05) is 6.54 Å². The molecule has 0 spiro atoms. The molecule has 1 saturated heterocycles. The summed E-state index contributed by atoms with van der Waals surface area (Å²) in [4.78, 5) is 11.2. The van der Waals surface area contributed by atoms with Crippen LogP contribution in [0.2, 0.25) is 0 Å². The second-order valence-corrected chi connectivity index (χ2v) is 6.14. The van der Waals surface area contributed by atoms with Crippen molar-refractivity contribution in [3.05, 3.63) is 29.8 Å². The molecule has 1 aliphatic heterocycles. The third-order valence-corrected chi connectivity index (χ3v) is 5.09. The van der Waals surface area contributed by atoms with Crippen LogP contribution in [0.15, 0.2) is 29.2 Å². The molecule has 100 valence electrons. The molecule has 0 unspecified atom stereocenters. The molecule has 0 bridgehead atoms. The first-order valence-corrected chi connectivity index (χ1v) is 7.23. The molecule has 1 aromatic carbocycles. The van der Waals surface area contributed by atoms with Gasteiger partial charge in [-0.25, -0.2) is 8.42 Å². The van der Waals surface area contributed by atoms with E-state index >= 15 is 0 Å². The van der Waals surface area contributed by atoms with Gasteiger partial charge in [-0.15, -0.1) is 0 Å². The van der Waals surface area contributed by atoms with Gasteiger partial charge in [-0.1, -0.05) is 12.1 Å². The number of nitrogens with two attached hydrogens (primary N) is 1. The number of sulfonamides is 1. The number of carbonyl (C=O) groups is 1. The molecule has 1 atom stereocenters. The molecular weight excluding hydrogens is 266 g/mol. The first-order chi connectivity index (χ1) is 8.98. The maximum absolute atomic E-state index is 12.5. The Morgan fingerprint density at radius 1 is 1.42 bits per heavy atom. The number of nitrogens with zero attached hydrogens (tertiary/aromatic N) is 2. The summed E-state index contributed by atoms with van der Waals surface area (Å²) >= 11 is 0. The Balaban J connectivity index is 2.49. The average molecular weight is 279 g/mol. The van der Waals surface area contributed by atoms with Crippen LogP contribution in [0.1, 0.15) is 18.4 Å². The largest absolute Gasteiger partial charge is 0.368 e. The fraction of sp³-hybridized carbons (Fsp3) is 0.333. The van der Waals surface area contributed by atoms with Gasteiger partial charge in [0.15, 0.2) is 0 Å². The number of hydrogen-bond donors (Lipinski definition) is 1. The van der Waals surface area contributed by atoms with Crippen LogP contribution < -0.4 is 5.73 Å². The predicted molar refractivity (Wildman–Crippen MR) is 67.3 cm³/mol. The molecule has 7 heteroatoms. The maximum atomic E-state index is 12.5. The van der Waals surface area contributed by atoms with E-state index in [2.05, 4.69) is 0 Å². The molecule has 2 rings (SSSR count). The summed E-state index contributed by atoms with van der Waals surface area (Å²) < 4.78 is 26.1. The van der Waals surface area contributed by atoms with Gasteiger partial charge in [0, 0.05) is 6.54 Å². The lowest BCUT2D eigenvalue weighted by Gasteiger charge is -2.22. The molecule has 1 aromatic rings. The van der Waals surface area contributed by atoms with Crippen molar-refractivity contribution in [2.24, 2.45) is 5.73 Å². The van der Waals surface area contributed by atoms with Gasteiger partial charge in [0.05, 0.1) is 10.5 Å². The minimum absolute atomic E-state index is 0.0672. The van der Waals surface area contributed by atoms with Gasteiger partial charge in [0.25, 0.3) is 0 Å². The molecule has 19 heavy (non-hydrogen) atoms. The molecule has 1 aliphatic rings. The Bertz CT molecular complexity index is 648. The van der Waals surface area contributed by atoms with E-state index in [1.54, 1.807) is 12.1 Å². The molecule has 0 radical (unpaired) electrons. The van der Waals surface area contributed by atoms with Gasteiger partial charge < -0.3 is 5.73 Å². The molecule has 6 nitrogen and oxygen atoms in total. The highest BCUT2D eigenvalue weighted by atomic mass is 32.2. The Hall–Kier alpha value is -1.91. The van der Waals surface area contributed by atoms with Crippen LogP contribution >= 0.6 is 0 Å². The van der Waals surface area contributed by atoms with Crippen molar-refractivity contribution in [1.29, 1.82) is 5.26 Å². The second-order valence-electron chi connectivity index (χ2n) is 4.28. The highest BCUT2D eigenvalue weighted by Gasteiger charge is 2.39. The summed E-state index contributed by atoms with van der Waals surface area (Å²) in [6, 6.07) is 6.96. The van der Waals surface area contributed by atoms with Crippen LogP contribution in [0.5, 0.6) is 0 Å². The van der Waals surface area contributed by atoms with Crippen molar-refractivity contribution in [3.8, 4) is 6.07 Å². The van der Waals surface area contributed by atoms with Crippen molar-refractivity contribution < 1.29 is 13.2 Å². The Morgan fingerprint density at radius 3 is 2.74 bits per heavy atom. The van der Waals surface area contributed by atoms with Crippen molar-refractivity contribution in [3.63, 3.8) is 0 Å². The quantitative estimate of drug-likeness (QED) is 0.853. The molecule has 0 aliphatic carbocycles. The first-order valence-electron chi connectivity index (χ1n) is 5.79. The fourth-order valence-electron chi connectivity index (χ4n) is 2.22. The van der Waals surface area contributed by atoms with Crippen molar-refractivity contribution in [1.82, 2.24) is 4.31 Å². The second kappa shape index (κ2) is 4.99. The van der Waals surface area contributed by atoms with Crippen molar-refractivity contribution >= 4 is 15.9 Å². The Morgan fingerprint density at radius 2 is 2.11 bits per heavy atom. The summed E-state index contributed by atoms with van der Waals surface area (Å²) in [5.74, 6) is -0.657. The molecule has 2 N–H and O–H groups in total. The van der Waals surface area contributed by atoms with Crippen LogP contribution in [-0.4, -0.2) is 31.2 Å². The molecule has 1 fully saturated rings. The molecule has 0 aromatic heterocycles. The zero-order valence-electron chi connectivity index (χ0n) is 10.1. The van der Waals surface area contributed by atoms with Crippen LogP contribution in [0.25, 0.3) is 0 Å². The summed E-state index contributed by atoms with van der Waals surface area (Å²) in [5.41, 5.74) is 5.29. The predicted octanol–water partition coefficient (Wildman–Crippen LogP) is 0.197. The van der Waals surface area contributed by atoms with Gasteiger partial charge >= 0.3 is 0 Å². The zero-order chi connectivity index (χ0) is 14.0. The number of hydrogen-bond acceptors (Lipinski definition) is 4. The third-order valence-electron chi connectivity index (χ3n) is 3.13. The normalized spacial score (nSPS) is 20.1. The van der Waals surface area contributed by atoms with E-state index < -0.39 is 22.0 Å². The summed E-state index contributed by atoms with van der Waals surface area (Å²) in [6.07, 6.45) is 1.00. The van der Waals surface area contributed by atoms with Crippen molar-refractivity contribution in [2.45, 2.75) is 23.8 Å². The summed E-state index contributed by atoms with van der Waals surface area (Å²) in [5, 5.41) is 8.98. The van der Waals surface area contributed by atoms with Crippen LogP contribution in [0.3, 0.4) is 0 Å². The number of rotatable bonds is 3. The average Bonchev–Trinajstić information content (AvgIpc) is 2.88. The van der Waals surface area contributed by atoms with Gasteiger partial charge in [-0.05, 0) is 25.0 Å². The topological polar surface area (TPSA) is 104 Å². The monoisotopic (exact) mass is 279 g/mol. The lowest BCUT2D eigenvalue weighted by molar-refractivity contribution is -0.121. The highest BCUT2D eigenvalue weighted by molar-refractivity contribution is 7.89. The van der Waals surface area contributed by atoms with Crippen LogP contribution in [0, 0.1) is 11.3 Å². The molecular formula is C12H13N3O3S. The minimum atomic E-state index is -3.87. The van der Waals surface area contributed by atoms with Crippen LogP contribution in [0.4, 0.5) is 0 Å². The minimum Gasteiger partial charge on any atom is -0.368 e. The Labute approximate surface area is 111 Å². The number of amides is 1. The third kappa shape index (κ3) is 2.32. The van der Waals surface area contributed by atoms with Gasteiger partial charge in [-0.2, -0.15) is 9.57 Å². The smallest absolute Gasteiger partial charge is 0.245 e. The standard InChI is InChI=1S/C12H13N3O3S/c13-8-9-4-1-2-6-11(9)19(17,18)15-7-3-5-10(15)12(14)16/h1-2,4,6,10H,3,5,7H2,(H2,14,16)/t10-/m0/s1. The van der Waals surface area contributed by atoms with Crippen LogP contribution in [-0.2, 0) is 14.8 Å². The Kier molecular flexibility index (Phi) is 3.55. The number of nitriles is 1. The van der Waals surface area contributed by atoms with E-state index in [0.29, 0.717) is 12.8 Å². The van der Waals surface area contributed by atoms with E-state index in [1.807, 2.05) is 6.07 Å². The molecule has 0 saturated carbocycles. The number of primary amides is 1. The summed E-state index contributed by atoms with van der Waals surface area (Å²) in [7, 11) is -3.87. The SMILES string of the molecule is N#Cc1ccccc1S(=O)(=O)N1CCC[C@H]1C(N)=O. The van der Waals surface area contributed by atoms with Gasteiger partial charge in [0.2, 0.25) is 15.9 Å². The lowest BCUT2D eigenvalue weighted by atomic mass is 10.2. The number of benzene rings is 1. The van der Waals surface area contributed by atoms with Gasteiger partial charge in [-0.3, -0.25) is 4.79 Å². The number of carbonyl (C=O) groups excluding carboxylic acids is 1.